The topological polar surface area (TPSA) is 43.1 Å². The maximum atomic E-state index is 9.74. The standard InChI is InChI=1S/C6H5NO2/c8-4-1-2-6-7-3-5-9-6/h1-5H/b2-1+. The van der Waals surface area contributed by atoms with Crippen molar-refractivity contribution in [3.63, 3.8) is 0 Å². The number of hydrogen-bond acceptors (Lipinski definition) is 3. The van der Waals surface area contributed by atoms with Gasteiger partial charge in [0.1, 0.15) is 12.5 Å². The fraction of sp³-hybridized carbons (Fsp3) is 0. The Labute approximate surface area is 52.0 Å². The molecule has 0 aliphatic heterocycles. The minimum Gasteiger partial charge on any atom is -0.445 e. The van der Waals surface area contributed by atoms with Crippen LogP contribution < -0.4 is 0 Å². The van der Waals surface area contributed by atoms with E-state index in [0.29, 0.717) is 12.2 Å². The molecule has 0 aliphatic rings. The maximum absolute atomic E-state index is 9.74. The molecule has 0 fully saturated rings. The number of hydrogen-bond donors (Lipinski definition) is 0. The highest BCUT2D eigenvalue weighted by molar-refractivity contribution is 5.71. The number of nitrogens with zero attached hydrogens (tertiary/aromatic N) is 1. The van der Waals surface area contributed by atoms with E-state index in [1.807, 2.05) is 0 Å². The summed E-state index contributed by atoms with van der Waals surface area (Å²) in [4.78, 5) is 13.5. The molecule has 0 atom stereocenters. The number of aldehydes is 1. The molecule has 0 amide bonds. The van der Waals surface area contributed by atoms with Crippen molar-refractivity contribution in [3.8, 4) is 0 Å². The van der Waals surface area contributed by atoms with Gasteiger partial charge < -0.3 is 4.42 Å². The van der Waals surface area contributed by atoms with Crippen LogP contribution in [0, 0.1) is 0 Å². The van der Waals surface area contributed by atoms with Crippen LogP contribution >= 0.6 is 0 Å². The highest BCUT2D eigenvalue weighted by atomic mass is 16.3. The van der Waals surface area contributed by atoms with Gasteiger partial charge in [-0.05, 0) is 6.08 Å². The van der Waals surface area contributed by atoms with Gasteiger partial charge in [-0.15, -0.1) is 0 Å². The predicted octanol–water partition coefficient (Wildman–Crippen LogP) is 0.887. The van der Waals surface area contributed by atoms with Gasteiger partial charge in [0.05, 0.1) is 6.20 Å². The Morgan fingerprint density at radius 3 is 3.11 bits per heavy atom. The van der Waals surface area contributed by atoms with Crippen LogP contribution in [0.15, 0.2) is 23.0 Å². The third kappa shape index (κ3) is 1.53. The van der Waals surface area contributed by atoms with Gasteiger partial charge in [-0.2, -0.15) is 0 Å². The van der Waals surface area contributed by atoms with Gasteiger partial charge in [-0.25, -0.2) is 4.98 Å². The number of carbonyl (C=O) groups is 1. The van der Waals surface area contributed by atoms with Crippen LogP contribution in [-0.2, 0) is 4.79 Å². The Hall–Kier alpha value is -1.38. The van der Waals surface area contributed by atoms with Crippen molar-refractivity contribution in [1.29, 1.82) is 0 Å². The van der Waals surface area contributed by atoms with Gasteiger partial charge in [0, 0.05) is 6.08 Å². The van der Waals surface area contributed by atoms with Crippen LogP contribution in [0.5, 0.6) is 0 Å². The van der Waals surface area contributed by atoms with Crippen LogP contribution in [0.25, 0.3) is 6.08 Å². The molecule has 0 aromatic carbocycles. The molecule has 3 nitrogen and oxygen atoms in total. The Bertz CT molecular complexity index is 201. The minimum absolute atomic E-state index is 0.446. The zero-order valence-corrected chi connectivity index (χ0v) is 4.65. The molecular formula is C6H5NO2. The normalized spacial score (nSPS) is 10.2. The molecule has 0 bridgehead atoms. The highest BCUT2D eigenvalue weighted by Gasteiger charge is 1.85. The predicted molar refractivity (Wildman–Crippen MR) is 31.6 cm³/mol. The third-order valence-corrected chi connectivity index (χ3v) is 0.769. The van der Waals surface area contributed by atoms with E-state index in [-0.39, 0.29) is 0 Å². The number of rotatable bonds is 2. The molecule has 46 valence electrons. The number of aromatic nitrogens is 1. The summed E-state index contributed by atoms with van der Waals surface area (Å²) >= 11 is 0. The second kappa shape index (κ2) is 2.81. The van der Waals surface area contributed by atoms with Gasteiger partial charge in [-0.1, -0.05) is 0 Å². The lowest BCUT2D eigenvalue weighted by molar-refractivity contribution is -0.104. The van der Waals surface area contributed by atoms with Crippen LogP contribution in [0.3, 0.4) is 0 Å². The summed E-state index contributed by atoms with van der Waals surface area (Å²) in [5.74, 6) is 0.446. The summed E-state index contributed by atoms with van der Waals surface area (Å²) in [5.41, 5.74) is 0. The molecule has 9 heavy (non-hydrogen) atoms. The van der Waals surface area contributed by atoms with Crippen molar-refractivity contribution in [2.45, 2.75) is 0 Å². The quantitative estimate of drug-likeness (QED) is 0.433. The smallest absolute Gasteiger partial charge is 0.218 e. The molecule has 0 radical (unpaired) electrons. The highest BCUT2D eigenvalue weighted by Crippen LogP contribution is 1.94. The van der Waals surface area contributed by atoms with Gasteiger partial charge >= 0.3 is 0 Å². The molecule has 0 saturated heterocycles. The van der Waals surface area contributed by atoms with E-state index in [2.05, 4.69) is 4.98 Å². The van der Waals surface area contributed by atoms with Crippen LogP contribution in [-0.4, -0.2) is 11.3 Å². The number of oxazole rings is 1. The van der Waals surface area contributed by atoms with Gasteiger partial charge in [-0.3, -0.25) is 4.79 Å². The first-order valence-electron chi connectivity index (χ1n) is 2.45. The third-order valence-electron chi connectivity index (χ3n) is 0.769. The van der Waals surface area contributed by atoms with E-state index >= 15 is 0 Å². The largest absolute Gasteiger partial charge is 0.445 e. The van der Waals surface area contributed by atoms with Gasteiger partial charge in [0.25, 0.3) is 0 Å². The summed E-state index contributed by atoms with van der Waals surface area (Å²) in [6.07, 6.45) is 6.46. The minimum atomic E-state index is 0.446. The number of allylic oxidation sites excluding steroid dienone is 1. The van der Waals surface area contributed by atoms with Crippen LogP contribution in [0.4, 0.5) is 0 Å². The van der Waals surface area contributed by atoms with Gasteiger partial charge in [0.15, 0.2) is 0 Å². The van der Waals surface area contributed by atoms with E-state index in [1.165, 1.54) is 24.6 Å². The fourth-order valence-corrected chi connectivity index (χ4v) is 0.438. The summed E-state index contributed by atoms with van der Waals surface area (Å²) in [5, 5.41) is 0. The van der Waals surface area contributed by atoms with Crippen molar-refractivity contribution in [2.24, 2.45) is 0 Å². The maximum Gasteiger partial charge on any atom is 0.218 e. The van der Waals surface area contributed by atoms with Crippen LogP contribution in [0.1, 0.15) is 5.89 Å². The molecule has 1 aromatic rings. The van der Waals surface area contributed by atoms with Crippen molar-refractivity contribution >= 4 is 12.4 Å². The Balaban J connectivity index is 2.67. The molecule has 1 aromatic heterocycles. The Morgan fingerprint density at radius 2 is 2.56 bits per heavy atom. The average molecular weight is 123 g/mol. The second-order valence-corrected chi connectivity index (χ2v) is 1.37. The molecule has 0 saturated carbocycles. The Morgan fingerprint density at radius 1 is 1.67 bits per heavy atom. The summed E-state index contributed by atoms with van der Waals surface area (Å²) in [6.45, 7) is 0. The SMILES string of the molecule is O=C/C=C/c1ncco1. The zero-order valence-electron chi connectivity index (χ0n) is 4.65. The van der Waals surface area contributed by atoms with Crippen molar-refractivity contribution in [1.82, 2.24) is 4.98 Å². The molecular weight excluding hydrogens is 118 g/mol. The van der Waals surface area contributed by atoms with E-state index in [9.17, 15) is 4.79 Å². The van der Waals surface area contributed by atoms with Gasteiger partial charge in [0.2, 0.25) is 5.89 Å². The fourth-order valence-electron chi connectivity index (χ4n) is 0.438. The summed E-state index contributed by atoms with van der Waals surface area (Å²) < 4.78 is 4.78. The second-order valence-electron chi connectivity index (χ2n) is 1.37. The van der Waals surface area contributed by atoms with E-state index in [1.54, 1.807) is 0 Å². The molecule has 1 rings (SSSR count). The first-order chi connectivity index (χ1) is 4.43. The van der Waals surface area contributed by atoms with Crippen molar-refractivity contribution in [2.75, 3.05) is 0 Å². The molecule has 0 spiro atoms. The van der Waals surface area contributed by atoms with Crippen LogP contribution in [0.2, 0.25) is 0 Å². The number of carbonyl (C=O) groups excluding carboxylic acids is 1. The molecule has 0 unspecified atom stereocenters. The zero-order chi connectivity index (χ0) is 6.53. The lowest BCUT2D eigenvalue weighted by Crippen LogP contribution is -1.66. The molecule has 3 heteroatoms. The van der Waals surface area contributed by atoms with E-state index in [4.69, 9.17) is 4.42 Å². The lowest BCUT2D eigenvalue weighted by atomic mass is 10.5. The molecule has 1 heterocycles. The first-order valence-corrected chi connectivity index (χ1v) is 2.45. The Kier molecular flexibility index (Phi) is 1.80. The van der Waals surface area contributed by atoms with E-state index in [0.717, 1.165) is 0 Å². The van der Waals surface area contributed by atoms with Crippen molar-refractivity contribution < 1.29 is 9.21 Å². The monoisotopic (exact) mass is 123 g/mol. The molecule has 0 N–H and O–H groups in total. The van der Waals surface area contributed by atoms with Crippen molar-refractivity contribution in [3.05, 3.63) is 24.4 Å². The summed E-state index contributed by atoms with van der Waals surface area (Å²) in [6, 6.07) is 0. The lowest BCUT2D eigenvalue weighted by Gasteiger charge is -1.74. The average Bonchev–Trinajstić information content (AvgIpc) is 2.34. The first kappa shape index (κ1) is 5.75. The molecule has 0 aliphatic carbocycles. The van der Waals surface area contributed by atoms with E-state index < -0.39 is 0 Å². The summed E-state index contributed by atoms with van der Waals surface area (Å²) in [7, 11) is 0.